The average molecular weight is 248 g/mol. The third-order valence-electron chi connectivity index (χ3n) is 3.88. The van der Waals surface area contributed by atoms with Crippen molar-refractivity contribution in [1.82, 2.24) is 15.0 Å². The van der Waals surface area contributed by atoms with Gasteiger partial charge in [0.25, 0.3) is 0 Å². The number of hydrogen-bond donors (Lipinski definition) is 1. The summed E-state index contributed by atoms with van der Waals surface area (Å²) in [5, 5.41) is 0. The zero-order valence-corrected chi connectivity index (χ0v) is 10.6. The number of aromatic nitrogens is 3. The highest BCUT2D eigenvalue weighted by molar-refractivity contribution is 5.19. The van der Waals surface area contributed by atoms with Crippen molar-refractivity contribution in [3.05, 3.63) is 11.6 Å². The SMILES string of the molecule is Nc1nc(C2CCCCC2)nc(C2CCCO2)n1. The van der Waals surface area contributed by atoms with Gasteiger partial charge in [0.1, 0.15) is 11.9 Å². The Morgan fingerprint density at radius 2 is 1.67 bits per heavy atom. The molecule has 5 nitrogen and oxygen atoms in total. The molecule has 0 spiro atoms. The molecular formula is C13H20N4O. The second-order valence-corrected chi connectivity index (χ2v) is 5.25. The minimum atomic E-state index is 0.0256. The van der Waals surface area contributed by atoms with E-state index in [0.717, 1.165) is 31.1 Å². The summed E-state index contributed by atoms with van der Waals surface area (Å²) in [7, 11) is 0. The Bertz CT molecular complexity index is 411. The molecule has 2 heterocycles. The maximum absolute atomic E-state index is 5.82. The Morgan fingerprint density at radius 3 is 2.39 bits per heavy atom. The van der Waals surface area contributed by atoms with Crippen molar-refractivity contribution in [3.63, 3.8) is 0 Å². The topological polar surface area (TPSA) is 73.9 Å². The highest BCUT2D eigenvalue weighted by atomic mass is 16.5. The lowest BCUT2D eigenvalue weighted by molar-refractivity contribution is 0.104. The Kier molecular flexibility index (Phi) is 3.41. The van der Waals surface area contributed by atoms with Crippen LogP contribution in [0.4, 0.5) is 5.95 Å². The van der Waals surface area contributed by atoms with Crippen molar-refractivity contribution in [3.8, 4) is 0 Å². The molecule has 3 rings (SSSR count). The lowest BCUT2D eigenvalue weighted by Gasteiger charge is -2.21. The molecule has 1 aromatic heterocycles. The number of nitrogens with zero attached hydrogens (tertiary/aromatic N) is 3. The number of ether oxygens (including phenoxy) is 1. The van der Waals surface area contributed by atoms with Gasteiger partial charge in [0, 0.05) is 12.5 Å². The fourth-order valence-electron chi connectivity index (χ4n) is 2.90. The predicted octanol–water partition coefficient (Wildman–Crippen LogP) is 2.35. The summed E-state index contributed by atoms with van der Waals surface area (Å²) in [4.78, 5) is 13.2. The molecule has 2 N–H and O–H groups in total. The number of nitrogens with two attached hydrogens (primary N) is 1. The van der Waals surface area contributed by atoms with Gasteiger partial charge in [-0.1, -0.05) is 19.3 Å². The standard InChI is InChI=1S/C13H20N4O/c14-13-16-11(9-5-2-1-3-6-9)15-12(17-13)10-7-4-8-18-10/h9-10H,1-8H2,(H2,14,15,16,17). The molecule has 5 heteroatoms. The van der Waals surface area contributed by atoms with Crippen LogP contribution >= 0.6 is 0 Å². The van der Waals surface area contributed by atoms with Crippen LogP contribution in [0.15, 0.2) is 0 Å². The van der Waals surface area contributed by atoms with E-state index in [1.165, 1.54) is 32.1 Å². The molecule has 1 saturated heterocycles. The first kappa shape index (κ1) is 11.8. The molecule has 2 fully saturated rings. The zero-order valence-electron chi connectivity index (χ0n) is 10.6. The van der Waals surface area contributed by atoms with E-state index in [1.807, 2.05) is 0 Å². The summed E-state index contributed by atoms with van der Waals surface area (Å²) in [6, 6.07) is 0. The van der Waals surface area contributed by atoms with Crippen molar-refractivity contribution in [2.75, 3.05) is 12.3 Å². The number of anilines is 1. The van der Waals surface area contributed by atoms with Crippen LogP contribution in [-0.4, -0.2) is 21.6 Å². The van der Waals surface area contributed by atoms with Gasteiger partial charge in [-0.15, -0.1) is 0 Å². The smallest absolute Gasteiger partial charge is 0.223 e. The number of nitrogen functional groups attached to an aromatic ring is 1. The van der Waals surface area contributed by atoms with E-state index >= 15 is 0 Å². The molecule has 18 heavy (non-hydrogen) atoms. The Hall–Kier alpha value is -1.23. The largest absolute Gasteiger partial charge is 0.370 e. The number of rotatable bonds is 2. The van der Waals surface area contributed by atoms with Gasteiger partial charge >= 0.3 is 0 Å². The fraction of sp³-hybridized carbons (Fsp3) is 0.769. The normalized spacial score (nSPS) is 25.4. The lowest BCUT2D eigenvalue weighted by Crippen LogP contribution is -2.15. The molecule has 2 aliphatic rings. The second kappa shape index (κ2) is 5.18. The van der Waals surface area contributed by atoms with Gasteiger partial charge in [-0.05, 0) is 25.7 Å². The van der Waals surface area contributed by atoms with Gasteiger partial charge in [-0.3, -0.25) is 0 Å². The first-order chi connectivity index (χ1) is 8.83. The van der Waals surface area contributed by atoms with E-state index in [9.17, 15) is 0 Å². The average Bonchev–Trinajstić information content (AvgIpc) is 2.93. The molecule has 98 valence electrons. The van der Waals surface area contributed by atoms with Gasteiger partial charge in [0.15, 0.2) is 5.82 Å². The molecule has 1 unspecified atom stereocenters. The summed E-state index contributed by atoms with van der Waals surface area (Å²) >= 11 is 0. The quantitative estimate of drug-likeness (QED) is 0.869. The van der Waals surface area contributed by atoms with Crippen LogP contribution in [-0.2, 0) is 4.74 Å². The Labute approximate surface area is 107 Å². The Balaban J connectivity index is 1.84. The first-order valence-electron chi connectivity index (χ1n) is 6.96. The van der Waals surface area contributed by atoms with E-state index < -0.39 is 0 Å². The molecule has 1 aliphatic heterocycles. The van der Waals surface area contributed by atoms with Gasteiger partial charge in [-0.25, -0.2) is 4.98 Å². The highest BCUT2D eigenvalue weighted by Gasteiger charge is 2.24. The van der Waals surface area contributed by atoms with Crippen molar-refractivity contribution in [2.45, 2.75) is 57.0 Å². The lowest BCUT2D eigenvalue weighted by atomic mass is 9.89. The van der Waals surface area contributed by atoms with Gasteiger partial charge in [-0.2, -0.15) is 9.97 Å². The van der Waals surface area contributed by atoms with Crippen LogP contribution in [0.2, 0.25) is 0 Å². The summed E-state index contributed by atoms with van der Waals surface area (Å²) < 4.78 is 5.63. The maximum atomic E-state index is 5.82. The van der Waals surface area contributed by atoms with Gasteiger partial charge in [0.05, 0.1) is 0 Å². The second-order valence-electron chi connectivity index (χ2n) is 5.25. The molecule has 0 amide bonds. The summed E-state index contributed by atoms with van der Waals surface area (Å²) in [6.07, 6.45) is 8.32. The molecule has 0 radical (unpaired) electrons. The van der Waals surface area contributed by atoms with E-state index in [4.69, 9.17) is 10.5 Å². The first-order valence-corrected chi connectivity index (χ1v) is 6.96. The van der Waals surface area contributed by atoms with Crippen LogP contribution < -0.4 is 5.73 Å². The van der Waals surface area contributed by atoms with E-state index in [-0.39, 0.29) is 6.10 Å². The van der Waals surface area contributed by atoms with Crippen molar-refractivity contribution in [2.24, 2.45) is 0 Å². The third kappa shape index (κ3) is 2.46. The molecular weight excluding hydrogens is 228 g/mol. The molecule has 1 atom stereocenters. The van der Waals surface area contributed by atoms with Crippen LogP contribution in [0.1, 0.15) is 68.6 Å². The summed E-state index contributed by atoms with van der Waals surface area (Å²) in [5.41, 5.74) is 5.82. The van der Waals surface area contributed by atoms with Crippen LogP contribution in [0, 0.1) is 0 Å². The van der Waals surface area contributed by atoms with Gasteiger partial charge in [0.2, 0.25) is 5.95 Å². The maximum Gasteiger partial charge on any atom is 0.223 e. The molecule has 0 bridgehead atoms. The molecule has 1 aliphatic carbocycles. The van der Waals surface area contributed by atoms with Crippen molar-refractivity contribution >= 4 is 5.95 Å². The third-order valence-corrected chi connectivity index (χ3v) is 3.88. The highest BCUT2D eigenvalue weighted by Crippen LogP contribution is 2.32. The van der Waals surface area contributed by atoms with Crippen molar-refractivity contribution in [1.29, 1.82) is 0 Å². The summed E-state index contributed by atoms with van der Waals surface area (Å²) in [5.74, 6) is 2.42. The molecule has 1 saturated carbocycles. The predicted molar refractivity (Wildman–Crippen MR) is 68.0 cm³/mol. The fourth-order valence-corrected chi connectivity index (χ4v) is 2.90. The zero-order chi connectivity index (χ0) is 12.4. The van der Waals surface area contributed by atoms with Gasteiger partial charge < -0.3 is 10.5 Å². The minimum absolute atomic E-state index is 0.0256. The van der Waals surface area contributed by atoms with E-state index in [1.54, 1.807) is 0 Å². The van der Waals surface area contributed by atoms with E-state index in [2.05, 4.69) is 15.0 Å². The Morgan fingerprint density at radius 1 is 0.889 bits per heavy atom. The van der Waals surface area contributed by atoms with Crippen LogP contribution in [0.3, 0.4) is 0 Å². The van der Waals surface area contributed by atoms with E-state index in [0.29, 0.717) is 11.9 Å². The monoisotopic (exact) mass is 248 g/mol. The molecule has 1 aromatic rings. The summed E-state index contributed by atoms with van der Waals surface area (Å²) in [6.45, 7) is 0.801. The molecule has 0 aromatic carbocycles. The van der Waals surface area contributed by atoms with Crippen LogP contribution in [0.5, 0.6) is 0 Å². The minimum Gasteiger partial charge on any atom is -0.370 e. The van der Waals surface area contributed by atoms with Crippen LogP contribution in [0.25, 0.3) is 0 Å². The van der Waals surface area contributed by atoms with Crippen molar-refractivity contribution < 1.29 is 4.74 Å². The number of hydrogen-bond acceptors (Lipinski definition) is 5.